The van der Waals surface area contributed by atoms with Crippen molar-refractivity contribution in [1.82, 2.24) is 20.1 Å². The van der Waals surface area contributed by atoms with Crippen LogP contribution in [0.3, 0.4) is 0 Å². The minimum absolute atomic E-state index is 0.165. The highest BCUT2D eigenvalue weighted by Gasteiger charge is 2.45. The molecule has 6 nitrogen and oxygen atoms in total. The molecule has 0 radical (unpaired) electrons. The van der Waals surface area contributed by atoms with Crippen LogP contribution in [0.15, 0.2) is 12.3 Å². The molecule has 3 saturated carbocycles. The van der Waals surface area contributed by atoms with Gasteiger partial charge in [-0.2, -0.15) is 10.4 Å². The van der Waals surface area contributed by atoms with Crippen molar-refractivity contribution in [2.75, 3.05) is 0 Å². The second kappa shape index (κ2) is 5.80. The van der Waals surface area contributed by atoms with Crippen molar-refractivity contribution in [2.45, 2.75) is 75.3 Å². The van der Waals surface area contributed by atoms with Gasteiger partial charge in [0.2, 0.25) is 0 Å². The third-order valence-corrected chi connectivity index (χ3v) is 6.06. The second-order valence-corrected chi connectivity index (χ2v) is 8.14. The molecular formula is C20H23N5O. The van der Waals surface area contributed by atoms with Crippen LogP contribution in [0.4, 0.5) is 0 Å². The van der Waals surface area contributed by atoms with Crippen LogP contribution < -0.4 is 5.32 Å². The van der Waals surface area contributed by atoms with Crippen molar-refractivity contribution >= 4 is 16.9 Å². The van der Waals surface area contributed by atoms with E-state index in [0.29, 0.717) is 17.5 Å². The summed E-state index contributed by atoms with van der Waals surface area (Å²) < 4.78 is 2.05. The Bertz CT molecular complexity index is 910. The SMILES string of the molecule is N#CC1(NC(=O)c2cc(C3CC3)nc3c2cnn3C2CCCCC2)CC1. The lowest BCUT2D eigenvalue weighted by molar-refractivity contribution is 0.0943. The molecule has 0 spiro atoms. The van der Waals surface area contributed by atoms with E-state index in [0.717, 1.165) is 55.3 Å². The highest BCUT2D eigenvalue weighted by Crippen LogP contribution is 2.41. The smallest absolute Gasteiger partial charge is 0.253 e. The standard InChI is InChI=1S/C20H23N5O/c21-12-20(8-9-20)24-19(26)15-10-17(13-6-7-13)23-18-16(15)11-22-25(18)14-4-2-1-3-5-14/h10-11,13-14H,1-9H2,(H,24,26). The van der Waals surface area contributed by atoms with Crippen LogP contribution in [0.1, 0.15) is 85.8 Å². The van der Waals surface area contributed by atoms with Gasteiger partial charge in [0.1, 0.15) is 5.54 Å². The van der Waals surface area contributed by atoms with Gasteiger partial charge >= 0.3 is 0 Å². The summed E-state index contributed by atoms with van der Waals surface area (Å²) in [5.41, 5.74) is 1.81. The van der Waals surface area contributed by atoms with E-state index < -0.39 is 5.54 Å². The number of pyridine rings is 1. The van der Waals surface area contributed by atoms with Crippen LogP contribution in [0.2, 0.25) is 0 Å². The third kappa shape index (κ3) is 2.66. The summed E-state index contributed by atoms with van der Waals surface area (Å²) in [4.78, 5) is 17.8. The minimum atomic E-state index is -0.661. The lowest BCUT2D eigenvalue weighted by atomic mass is 9.95. The number of fused-ring (bicyclic) bond motifs is 1. The molecule has 0 aliphatic heterocycles. The minimum Gasteiger partial charge on any atom is -0.334 e. The predicted octanol–water partition coefficient (Wildman–Crippen LogP) is 3.60. The van der Waals surface area contributed by atoms with Gasteiger partial charge in [0, 0.05) is 11.6 Å². The van der Waals surface area contributed by atoms with Gasteiger partial charge in [0.15, 0.2) is 5.65 Å². The molecule has 1 N–H and O–H groups in total. The summed E-state index contributed by atoms with van der Waals surface area (Å²) in [5.74, 6) is 0.299. The van der Waals surface area contributed by atoms with E-state index >= 15 is 0 Å². The van der Waals surface area contributed by atoms with Crippen LogP contribution in [-0.4, -0.2) is 26.2 Å². The van der Waals surface area contributed by atoms with Crippen molar-refractivity contribution in [3.63, 3.8) is 0 Å². The van der Waals surface area contributed by atoms with E-state index in [1.54, 1.807) is 6.20 Å². The maximum Gasteiger partial charge on any atom is 0.253 e. The molecular weight excluding hydrogens is 326 g/mol. The van der Waals surface area contributed by atoms with Crippen LogP contribution in [0.25, 0.3) is 11.0 Å². The topological polar surface area (TPSA) is 83.6 Å². The Morgan fingerprint density at radius 1 is 1.23 bits per heavy atom. The molecule has 0 saturated heterocycles. The monoisotopic (exact) mass is 349 g/mol. The van der Waals surface area contributed by atoms with Crippen LogP contribution in [-0.2, 0) is 0 Å². The van der Waals surface area contributed by atoms with Crippen LogP contribution in [0, 0.1) is 11.3 Å². The molecule has 3 aliphatic carbocycles. The number of hydrogen-bond acceptors (Lipinski definition) is 4. The third-order valence-electron chi connectivity index (χ3n) is 6.06. The molecule has 2 aromatic heterocycles. The average Bonchev–Trinajstić information content (AvgIpc) is 3.60. The molecule has 134 valence electrons. The zero-order valence-electron chi connectivity index (χ0n) is 14.9. The molecule has 0 bridgehead atoms. The van der Waals surface area contributed by atoms with Gasteiger partial charge in [-0.3, -0.25) is 4.79 Å². The maximum absolute atomic E-state index is 12.9. The number of nitriles is 1. The first-order chi connectivity index (χ1) is 12.7. The molecule has 6 heteroatoms. The summed E-state index contributed by atoms with van der Waals surface area (Å²) in [7, 11) is 0. The van der Waals surface area contributed by atoms with Crippen molar-refractivity contribution in [2.24, 2.45) is 0 Å². The van der Waals surface area contributed by atoms with Gasteiger partial charge in [-0.25, -0.2) is 9.67 Å². The molecule has 3 fully saturated rings. The molecule has 0 unspecified atom stereocenters. The van der Waals surface area contributed by atoms with Crippen molar-refractivity contribution in [1.29, 1.82) is 5.26 Å². The molecule has 0 aromatic carbocycles. The Kier molecular flexibility index (Phi) is 3.53. The van der Waals surface area contributed by atoms with Gasteiger partial charge in [-0.05, 0) is 44.6 Å². The van der Waals surface area contributed by atoms with Crippen LogP contribution >= 0.6 is 0 Å². The van der Waals surface area contributed by atoms with E-state index in [4.69, 9.17) is 4.98 Å². The van der Waals surface area contributed by atoms with Crippen LogP contribution in [0.5, 0.6) is 0 Å². The van der Waals surface area contributed by atoms with Gasteiger partial charge < -0.3 is 5.32 Å². The normalized spacial score (nSPS) is 22.1. The maximum atomic E-state index is 12.9. The fraction of sp³-hybridized carbons (Fsp3) is 0.600. The molecule has 3 aliphatic rings. The van der Waals surface area contributed by atoms with E-state index in [9.17, 15) is 10.1 Å². The fourth-order valence-corrected chi connectivity index (χ4v) is 4.08. The Morgan fingerprint density at radius 2 is 2.00 bits per heavy atom. The highest BCUT2D eigenvalue weighted by molar-refractivity contribution is 6.06. The van der Waals surface area contributed by atoms with E-state index in [-0.39, 0.29) is 5.91 Å². The zero-order chi connectivity index (χ0) is 17.7. The molecule has 26 heavy (non-hydrogen) atoms. The number of carbonyl (C=O) groups excluding carboxylic acids is 1. The first-order valence-electron chi connectivity index (χ1n) is 9.81. The lowest BCUT2D eigenvalue weighted by Gasteiger charge is -2.22. The Balaban J connectivity index is 1.57. The predicted molar refractivity (Wildman–Crippen MR) is 96.7 cm³/mol. The van der Waals surface area contributed by atoms with Gasteiger partial charge in [-0.1, -0.05) is 19.3 Å². The van der Waals surface area contributed by atoms with E-state index in [2.05, 4.69) is 16.5 Å². The summed E-state index contributed by atoms with van der Waals surface area (Å²) in [6, 6.07) is 4.55. The first-order valence-corrected chi connectivity index (χ1v) is 9.81. The number of hydrogen-bond donors (Lipinski definition) is 1. The largest absolute Gasteiger partial charge is 0.334 e. The quantitative estimate of drug-likeness (QED) is 0.914. The number of amides is 1. The molecule has 5 rings (SSSR count). The highest BCUT2D eigenvalue weighted by atomic mass is 16.1. The van der Waals surface area contributed by atoms with Gasteiger partial charge in [-0.15, -0.1) is 0 Å². The Labute approximate surface area is 152 Å². The fourth-order valence-electron chi connectivity index (χ4n) is 4.08. The number of nitrogens with one attached hydrogen (secondary N) is 1. The van der Waals surface area contributed by atoms with Crippen molar-refractivity contribution in [3.05, 3.63) is 23.5 Å². The average molecular weight is 349 g/mol. The Hall–Kier alpha value is -2.42. The molecule has 2 heterocycles. The van der Waals surface area contributed by atoms with Gasteiger partial charge in [0.25, 0.3) is 5.91 Å². The summed E-state index contributed by atoms with van der Waals surface area (Å²) in [6.45, 7) is 0. The second-order valence-electron chi connectivity index (χ2n) is 8.14. The van der Waals surface area contributed by atoms with E-state index in [1.165, 1.54) is 19.3 Å². The van der Waals surface area contributed by atoms with E-state index in [1.807, 2.05) is 10.7 Å². The molecule has 1 amide bonds. The zero-order valence-corrected chi connectivity index (χ0v) is 14.9. The van der Waals surface area contributed by atoms with Gasteiger partial charge in [0.05, 0.1) is 29.3 Å². The van der Waals surface area contributed by atoms with Crippen molar-refractivity contribution in [3.8, 4) is 6.07 Å². The molecule has 0 atom stereocenters. The first kappa shape index (κ1) is 15.8. The number of nitrogens with zero attached hydrogens (tertiary/aromatic N) is 4. The summed E-state index contributed by atoms with van der Waals surface area (Å²) in [5, 5.41) is 17.7. The Morgan fingerprint density at radius 3 is 2.65 bits per heavy atom. The molecule has 2 aromatic rings. The summed E-state index contributed by atoms with van der Waals surface area (Å²) >= 11 is 0. The number of rotatable bonds is 4. The number of carbonyl (C=O) groups is 1. The van der Waals surface area contributed by atoms with Crippen molar-refractivity contribution < 1.29 is 4.79 Å². The lowest BCUT2D eigenvalue weighted by Crippen LogP contribution is -2.35. The summed E-state index contributed by atoms with van der Waals surface area (Å²) in [6.07, 6.45) is 11.5. The number of aromatic nitrogens is 3.